The van der Waals surface area contributed by atoms with E-state index >= 15 is 0 Å². The molecular formula is C15H14O4. The molecule has 3 rings (SSSR count). The molecule has 0 unspecified atom stereocenters. The molecule has 19 heavy (non-hydrogen) atoms. The third-order valence-corrected chi connectivity index (χ3v) is 3.64. The molecule has 4 nitrogen and oxygen atoms in total. The van der Waals surface area contributed by atoms with Gasteiger partial charge in [0.15, 0.2) is 0 Å². The van der Waals surface area contributed by atoms with Crippen molar-refractivity contribution in [3.05, 3.63) is 35.4 Å². The van der Waals surface area contributed by atoms with E-state index in [-0.39, 0.29) is 5.97 Å². The van der Waals surface area contributed by atoms with Crippen molar-refractivity contribution in [3.63, 3.8) is 0 Å². The Morgan fingerprint density at radius 3 is 1.89 bits per heavy atom. The van der Waals surface area contributed by atoms with Gasteiger partial charge in [-0.05, 0) is 22.9 Å². The van der Waals surface area contributed by atoms with Crippen molar-refractivity contribution < 1.29 is 19.0 Å². The Balaban J connectivity index is 2.32. The van der Waals surface area contributed by atoms with Gasteiger partial charge in [-0.15, -0.1) is 0 Å². The molecule has 0 saturated heterocycles. The van der Waals surface area contributed by atoms with Crippen LogP contribution in [0.2, 0.25) is 0 Å². The van der Waals surface area contributed by atoms with Crippen LogP contribution >= 0.6 is 0 Å². The molecule has 1 aliphatic rings. The second-order valence-electron chi connectivity index (χ2n) is 4.42. The van der Waals surface area contributed by atoms with Gasteiger partial charge >= 0.3 is 5.97 Å². The molecule has 0 spiro atoms. The molecule has 0 saturated carbocycles. The number of esters is 1. The van der Waals surface area contributed by atoms with Crippen LogP contribution in [-0.4, -0.2) is 27.3 Å². The first kappa shape index (κ1) is 11.8. The molecule has 4 heteroatoms. The van der Waals surface area contributed by atoms with E-state index < -0.39 is 5.92 Å². The molecule has 0 heterocycles. The zero-order valence-corrected chi connectivity index (χ0v) is 11.0. The summed E-state index contributed by atoms with van der Waals surface area (Å²) in [6.45, 7) is 0. The van der Waals surface area contributed by atoms with Crippen molar-refractivity contribution in [2.24, 2.45) is 0 Å². The maximum Gasteiger partial charge on any atom is 0.317 e. The van der Waals surface area contributed by atoms with E-state index in [0.29, 0.717) is 11.5 Å². The quantitative estimate of drug-likeness (QED) is 0.793. The van der Waals surface area contributed by atoms with Gasteiger partial charge in [0.2, 0.25) is 0 Å². The number of carbonyl (C=O) groups excluding carboxylic acids is 1. The van der Waals surface area contributed by atoms with Crippen molar-refractivity contribution in [1.29, 1.82) is 0 Å². The number of hydrogen-bond acceptors (Lipinski definition) is 4. The summed E-state index contributed by atoms with van der Waals surface area (Å²) in [5, 5.41) is 2.11. The Bertz CT molecular complexity index is 629. The van der Waals surface area contributed by atoms with Crippen LogP contribution in [0.5, 0.6) is 11.5 Å². The minimum Gasteiger partial charge on any atom is -0.496 e. The number of carbonyl (C=O) groups is 1. The van der Waals surface area contributed by atoms with Crippen LogP contribution in [0.3, 0.4) is 0 Å². The molecule has 98 valence electrons. The Kier molecular flexibility index (Phi) is 2.59. The number of ether oxygens (including phenoxy) is 3. The fourth-order valence-electron chi connectivity index (χ4n) is 2.78. The number of hydrogen-bond donors (Lipinski definition) is 0. The van der Waals surface area contributed by atoms with Crippen LogP contribution < -0.4 is 9.47 Å². The molecule has 1 aliphatic carbocycles. The smallest absolute Gasteiger partial charge is 0.317 e. The van der Waals surface area contributed by atoms with Gasteiger partial charge in [0, 0.05) is 11.1 Å². The third-order valence-electron chi connectivity index (χ3n) is 3.64. The Morgan fingerprint density at radius 2 is 1.47 bits per heavy atom. The zero-order chi connectivity index (χ0) is 13.6. The normalized spacial score (nSPS) is 13.0. The summed E-state index contributed by atoms with van der Waals surface area (Å²) in [6.07, 6.45) is 0. The zero-order valence-electron chi connectivity index (χ0n) is 11.0. The molecule has 0 amide bonds. The largest absolute Gasteiger partial charge is 0.496 e. The highest BCUT2D eigenvalue weighted by Crippen LogP contribution is 2.53. The SMILES string of the molecule is COC(=O)C1c2c(OC)ccc3ccc(OC)c1c23. The lowest BCUT2D eigenvalue weighted by molar-refractivity contribution is -0.141. The highest BCUT2D eigenvalue weighted by atomic mass is 16.5. The van der Waals surface area contributed by atoms with Gasteiger partial charge < -0.3 is 14.2 Å². The van der Waals surface area contributed by atoms with Crippen molar-refractivity contribution in [2.75, 3.05) is 21.3 Å². The van der Waals surface area contributed by atoms with Crippen LogP contribution in [0, 0.1) is 0 Å². The predicted octanol–water partition coefficient (Wildman–Crippen LogP) is 2.48. The highest BCUT2D eigenvalue weighted by molar-refractivity contribution is 6.07. The third kappa shape index (κ3) is 1.43. The van der Waals surface area contributed by atoms with Crippen LogP contribution in [0.1, 0.15) is 17.0 Å². The summed E-state index contributed by atoms with van der Waals surface area (Å²) in [7, 11) is 4.59. The molecule has 0 aromatic heterocycles. The number of benzene rings is 2. The van der Waals surface area contributed by atoms with Gasteiger partial charge in [-0.25, -0.2) is 0 Å². The Labute approximate surface area is 110 Å². The van der Waals surface area contributed by atoms with E-state index in [2.05, 4.69) is 0 Å². The summed E-state index contributed by atoms with van der Waals surface area (Å²) < 4.78 is 15.6. The summed E-state index contributed by atoms with van der Waals surface area (Å²) in [6, 6.07) is 7.72. The fourth-order valence-corrected chi connectivity index (χ4v) is 2.78. The molecule has 0 fully saturated rings. The maximum absolute atomic E-state index is 12.0. The number of rotatable bonds is 3. The molecular weight excluding hydrogens is 244 g/mol. The van der Waals surface area contributed by atoms with E-state index in [1.54, 1.807) is 14.2 Å². The lowest BCUT2D eigenvalue weighted by atomic mass is 9.74. The standard InChI is InChI=1S/C15H14O4/c1-17-9-6-4-8-5-7-10(18-2)13-11(8)12(9)14(13)15(16)19-3/h4-7,14H,1-3H3. The van der Waals surface area contributed by atoms with Crippen LogP contribution in [0.25, 0.3) is 10.8 Å². The van der Waals surface area contributed by atoms with E-state index in [1.807, 2.05) is 24.3 Å². The van der Waals surface area contributed by atoms with Crippen LogP contribution in [-0.2, 0) is 9.53 Å². The van der Waals surface area contributed by atoms with Gasteiger partial charge in [-0.1, -0.05) is 12.1 Å². The van der Waals surface area contributed by atoms with E-state index in [4.69, 9.17) is 14.2 Å². The highest BCUT2D eigenvalue weighted by Gasteiger charge is 2.41. The molecule has 0 bridgehead atoms. The molecule has 0 atom stereocenters. The first-order valence-corrected chi connectivity index (χ1v) is 5.98. The van der Waals surface area contributed by atoms with Crippen molar-refractivity contribution >= 4 is 16.7 Å². The van der Waals surface area contributed by atoms with E-state index in [9.17, 15) is 4.79 Å². The van der Waals surface area contributed by atoms with Crippen molar-refractivity contribution in [2.45, 2.75) is 5.92 Å². The van der Waals surface area contributed by atoms with Gasteiger partial charge in [-0.3, -0.25) is 4.79 Å². The van der Waals surface area contributed by atoms with Crippen molar-refractivity contribution in [3.8, 4) is 11.5 Å². The summed E-state index contributed by atoms with van der Waals surface area (Å²) in [4.78, 5) is 12.0. The van der Waals surface area contributed by atoms with Crippen LogP contribution in [0.4, 0.5) is 0 Å². The average molecular weight is 258 g/mol. The first-order chi connectivity index (χ1) is 9.22. The molecule has 0 aliphatic heterocycles. The summed E-state index contributed by atoms with van der Waals surface area (Å²) in [5.41, 5.74) is 1.78. The first-order valence-electron chi connectivity index (χ1n) is 5.98. The summed E-state index contributed by atoms with van der Waals surface area (Å²) in [5.74, 6) is 0.713. The van der Waals surface area contributed by atoms with E-state index in [0.717, 1.165) is 21.9 Å². The Morgan fingerprint density at radius 1 is 0.947 bits per heavy atom. The summed E-state index contributed by atoms with van der Waals surface area (Å²) >= 11 is 0. The van der Waals surface area contributed by atoms with Crippen molar-refractivity contribution in [1.82, 2.24) is 0 Å². The average Bonchev–Trinajstić information content (AvgIpc) is 2.44. The maximum atomic E-state index is 12.0. The lowest BCUT2D eigenvalue weighted by Gasteiger charge is -2.31. The van der Waals surface area contributed by atoms with Gasteiger partial charge in [0.05, 0.1) is 21.3 Å². The predicted molar refractivity (Wildman–Crippen MR) is 70.9 cm³/mol. The molecule has 0 radical (unpaired) electrons. The van der Waals surface area contributed by atoms with Gasteiger partial charge in [0.1, 0.15) is 17.4 Å². The molecule has 0 N–H and O–H groups in total. The molecule has 2 aromatic carbocycles. The Hall–Kier alpha value is -2.23. The monoisotopic (exact) mass is 258 g/mol. The van der Waals surface area contributed by atoms with Crippen LogP contribution in [0.15, 0.2) is 24.3 Å². The molecule has 2 aromatic rings. The van der Waals surface area contributed by atoms with Gasteiger partial charge in [0.25, 0.3) is 0 Å². The van der Waals surface area contributed by atoms with E-state index in [1.165, 1.54) is 7.11 Å². The second kappa shape index (κ2) is 4.16. The minimum absolute atomic E-state index is 0.289. The number of methoxy groups -OCH3 is 3. The minimum atomic E-state index is -0.421. The second-order valence-corrected chi connectivity index (χ2v) is 4.42. The lowest BCUT2D eigenvalue weighted by Crippen LogP contribution is -2.24. The fraction of sp³-hybridized carbons (Fsp3) is 0.267. The topological polar surface area (TPSA) is 44.8 Å². The van der Waals surface area contributed by atoms with Gasteiger partial charge in [-0.2, -0.15) is 0 Å².